The number of amides is 1. The predicted molar refractivity (Wildman–Crippen MR) is 91.0 cm³/mol. The molecule has 0 spiro atoms. The maximum absolute atomic E-state index is 14.0. The van der Waals surface area contributed by atoms with Gasteiger partial charge in [0.15, 0.2) is 0 Å². The molecular weight excluding hydrogens is 307 g/mol. The summed E-state index contributed by atoms with van der Waals surface area (Å²) >= 11 is 0. The number of aryl methyl sites for hydroxylation is 1. The van der Waals surface area contributed by atoms with Crippen LogP contribution < -0.4 is 0 Å². The minimum atomic E-state index is -0.815. The molecule has 2 aliphatic rings. The number of nitrogens with zero attached hydrogens (tertiary/aromatic N) is 4. The van der Waals surface area contributed by atoms with E-state index in [-0.39, 0.29) is 11.9 Å². The SMILES string of the molecule is CN(C[C@@H]1C[C@H](F)CN1Cc1ccnn1C)C(=O)CC1C=CCC1. The van der Waals surface area contributed by atoms with Crippen molar-refractivity contribution >= 4 is 5.91 Å². The number of aromatic nitrogens is 2. The smallest absolute Gasteiger partial charge is 0.222 e. The third kappa shape index (κ3) is 4.04. The molecule has 24 heavy (non-hydrogen) atoms. The van der Waals surface area contributed by atoms with Crippen molar-refractivity contribution in [2.75, 3.05) is 20.1 Å². The molecule has 0 saturated carbocycles. The fraction of sp³-hybridized carbons (Fsp3) is 0.667. The van der Waals surface area contributed by atoms with Crippen molar-refractivity contribution in [1.29, 1.82) is 0 Å². The molecule has 1 fully saturated rings. The lowest BCUT2D eigenvalue weighted by atomic mass is 10.0. The van der Waals surface area contributed by atoms with Gasteiger partial charge < -0.3 is 4.90 Å². The zero-order valence-electron chi connectivity index (χ0n) is 14.6. The highest BCUT2D eigenvalue weighted by Crippen LogP contribution is 2.25. The number of hydrogen-bond donors (Lipinski definition) is 0. The van der Waals surface area contributed by atoms with Gasteiger partial charge in [-0.3, -0.25) is 14.4 Å². The quantitative estimate of drug-likeness (QED) is 0.749. The van der Waals surface area contributed by atoms with Crippen molar-refractivity contribution in [2.24, 2.45) is 13.0 Å². The number of likely N-dealkylation sites (N-methyl/N-ethyl adjacent to an activating group) is 1. The standard InChI is InChI=1S/C18H27FN4O/c1-21(18(24)9-14-5-3-4-6-14)12-17-10-15(19)11-23(17)13-16-7-8-20-22(16)2/h3,5,7-8,14-15,17H,4,6,9-13H2,1-2H3/t14?,15-,17-/m0/s1. The van der Waals surface area contributed by atoms with Crippen molar-refractivity contribution in [1.82, 2.24) is 19.6 Å². The van der Waals surface area contributed by atoms with Crippen LogP contribution in [0.1, 0.15) is 31.4 Å². The Morgan fingerprint density at radius 1 is 1.50 bits per heavy atom. The molecule has 0 N–H and O–H groups in total. The largest absolute Gasteiger partial charge is 0.344 e. The lowest BCUT2D eigenvalue weighted by Gasteiger charge is -2.28. The minimum absolute atomic E-state index is 0.0722. The number of carbonyl (C=O) groups is 1. The number of allylic oxidation sites excluding steroid dienone is 2. The Morgan fingerprint density at radius 3 is 3.00 bits per heavy atom. The van der Waals surface area contributed by atoms with Crippen LogP contribution in [0.4, 0.5) is 4.39 Å². The van der Waals surface area contributed by atoms with E-state index in [1.807, 2.05) is 24.8 Å². The Morgan fingerprint density at radius 2 is 2.33 bits per heavy atom. The Labute approximate surface area is 143 Å². The van der Waals surface area contributed by atoms with E-state index in [2.05, 4.69) is 22.2 Å². The average Bonchev–Trinajstić information content (AvgIpc) is 3.24. The van der Waals surface area contributed by atoms with Crippen LogP contribution >= 0.6 is 0 Å². The highest BCUT2D eigenvalue weighted by molar-refractivity contribution is 5.76. The van der Waals surface area contributed by atoms with E-state index in [9.17, 15) is 9.18 Å². The van der Waals surface area contributed by atoms with Crippen LogP contribution in [-0.2, 0) is 18.4 Å². The Bertz CT molecular complexity index is 600. The van der Waals surface area contributed by atoms with E-state index in [0.29, 0.717) is 38.4 Å². The van der Waals surface area contributed by atoms with Crippen LogP contribution in [-0.4, -0.2) is 57.8 Å². The molecule has 0 bridgehead atoms. The molecular formula is C18H27FN4O. The summed E-state index contributed by atoms with van der Waals surface area (Å²) in [5, 5.41) is 4.17. The first-order chi connectivity index (χ1) is 11.5. The van der Waals surface area contributed by atoms with Crippen molar-refractivity contribution in [2.45, 2.75) is 44.4 Å². The topological polar surface area (TPSA) is 41.4 Å². The Kier molecular flexibility index (Phi) is 5.33. The van der Waals surface area contributed by atoms with E-state index >= 15 is 0 Å². The molecule has 1 aromatic heterocycles. The zero-order chi connectivity index (χ0) is 17.1. The van der Waals surface area contributed by atoms with Gasteiger partial charge in [-0.2, -0.15) is 5.10 Å². The van der Waals surface area contributed by atoms with Gasteiger partial charge in [0.2, 0.25) is 5.91 Å². The molecule has 3 rings (SSSR count). The van der Waals surface area contributed by atoms with E-state index in [0.717, 1.165) is 18.5 Å². The van der Waals surface area contributed by atoms with Gasteiger partial charge >= 0.3 is 0 Å². The predicted octanol–water partition coefficient (Wildman–Crippen LogP) is 2.15. The van der Waals surface area contributed by atoms with Crippen LogP contribution in [0.3, 0.4) is 0 Å². The first kappa shape index (κ1) is 17.1. The highest BCUT2D eigenvalue weighted by atomic mass is 19.1. The van der Waals surface area contributed by atoms with Gasteiger partial charge in [0.25, 0.3) is 0 Å². The third-order valence-electron chi connectivity index (χ3n) is 5.22. The van der Waals surface area contributed by atoms with Gasteiger partial charge in [-0.05, 0) is 31.2 Å². The molecule has 5 nitrogen and oxygen atoms in total. The molecule has 1 aliphatic carbocycles. The van der Waals surface area contributed by atoms with Gasteiger partial charge in [0.1, 0.15) is 6.17 Å². The van der Waals surface area contributed by atoms with Crippen LogP contribution in [0.15, 0.2) is 24.4 Å². The van der Waals surface area contributed by atoms with Crippen molar-refractivity contribution < 1.29 is 9.18 Å². The van der Waals surface area contributed by atoms with E-state index in [1.54, 1.807) is 11.1 Å². The third-order valence-corrected chi connectivity index (χ3v) is 5.22. The van der Waals surface area contributed by atoms with Crippen molar-refractivity contribution in [3.63, 3.8) is 0 Å². The normalized spacial score (nSPS) is 27.0. The monoisotopic (exact) mass is 334 g/mol. The highest BCUT2D eigenvalue weighted by Gasteiger charge is 2.34. The summed E-state index contributed by atoms with van der Waals surface area (Å²) < 4.78 is 15.8. The molecule has 1 saturated heterocycles. The molecule has 2 heterocycles. The maximum Gasteiger partial charge on any atom is 0.222 e. The van der Waals surface area contributed by atoms with E-state index in [4.69, 9.17) is 0 Å². The first-order valence-electron chi connectivity index (χ1n) is 8.78. The molecule has 6 heteroatoms. The zero-order valence-corrected chi connectivity index (χ0v) is 14.6. The number of halogens is 1. The molecule has 1 aliphatic heterocycles. The summed E-state index contributed by atoms with van der Waals surface area (Å²) in [6.07, 6.45) is 8.46. The molecule has 1 unspecified atom stereocenters. The average molecular weight is 334 g/mol. The maximum atomic E-state index is 14.0. The minimum Gasteiger partial charge on any atom is -0.344 e. The fourth-order valence-corrected chi connectivity index (χ4v) is 3.73. The summed E-state index contributed by atoms with van der Waals surface area (Å²) in [6.45, 7) is 1.70. The van der Waals surface area contributed by atoms with Crippen LogP contribution in [0.5, 0.6) is 0 Å². The van der Waals surface area contributed by atoms with Gasteiger partial charge in [-0.1, -0.05) is 12.2 Å². The molecule has 1 amide bonds. The number of carbonyl (C=O) groups excluding carboxylic acids is 1. The van der Waals surface area contributed by atoms with Gasteiger partial charge in [0, 0.05) is 52.4 Å². The van der Waals surface area contributed by atoms with Gasteiger partial charge in [-0.15, -0.1) is 0 Å². The van der Waals surface area contributed by atoms with Crippen LogP contribution in [0.2, 0.25) is 0 Å². The Balaban J connectivity index is 1.56. The molecule has 0 aromatic carbocycles. The summed E-state index contributed by atoms with van der Waals surface area (Å²) in [6, 6.07) is 2.03. The second-order valence-electron chi connectivity index (χ2n) is 7.11. The lowest BCUT2D eigenvalue weighted by molar-refractivity contribution is -0.131. The summed E-state index contributed by atoms with van der Waals surface area (Å²) in [5.74, 6) is 0.539. The van der Waals surface area contributed by atoms with Gasteiger partial charge in [-0.25, -0.2) is 4.39 Å². The van der Waals surface area contributed by atoms with Gasteiger partial charge in [0.05, 0.1) is 5.69 Å². The molecule has 3 atom stereocenters. The summed E-state index contributed by atoms with van der Waals surface area (Å²) in [5.41, 5.74) is 1.07. The molecule has 1 aromatic rings. The van der Waals surface area contributed by atoms with Crippen molar-refractivity contribution in [3.8, 4) is 0 Å². The second kappa shape index (κ2) is 7.47. The van der Waals surface area contributed by atoms with Crippen LogP contribution in [0.25, 0.3) is 0 Å². The number of alkyl halides is 1. The van der Waals surface area contributed by atoms with E-state index in [1.165, 1.54) is 0 Å². The lowest BCUT2D eigenvalue weighted by Crippen LogP contribution is -2.41. The summed E-state index contributed by atoms with van der Waals surface area (Å²) in [7, 11) is 3.74. The molecule has 132 valence electrons. The summed E-state index contributed by atoms with van der Waals surface area (Å²) in [4.78, 5) is 16.3. The van der Waals surface area contributed by atoms with Crippen LogP contribution in [0, 0.1) is 5.92 Å². The Hall–Kier alpha value is -1.69. The first-order valence-corrected chi connectivity index (χ1v) is 8.78. The fourth-order valence-electron chi connectivity index (χ4n) is 3.73. The molecule has 0 radical (unpaired) electrons. The van der Waals surface area contributed by atoms with Crippen molar-refractivity contribution in [3.05, 3.63) is 30.1 Å². The van der Waals surface area contributed by atoms with E-state index < -0.39 is 6.17 Å². The number of hydrogen-bond acceptors (Lipinski definition) is 3. The second-order valence-corrected chi connectivity index (χ2v) is 7.11. The number of likely N-dealkylation sites (tertiary alicyclic amines) is 1. The number of rotatable bonds is 6.